The van der Waals surface area contributed by atoms with Crippen LogP contribution in [0.5, 0.6) is 0 Å². The zero-order chi connectivity index (χ0) is 12.5. The molecule has 0 amide bonds. The van der Waals surface area contributed by atoms with E-state index in [2.05, 4.69) is 0 Å². The summed E-state index contributed by atoms with van der Waals surface area (Å²) in [6.07, 6.45) is 0.884. The minimum atomic E-state index is -1.04. The molecular weight excluding hydrogens is 208 g/mol. The molecule has 0 aromatic heterocycles. The number of ether oxygens (including phenoxy) is 1. The number of hydrogen-bond acceptors (Lipinski definition) is 3. The zero-order valence-corrected chi connectivity index (χ0v) is 10.2. The van der Waals surface area contributed by atoms with Crippen molar-refractivity contribution in [1.29, 1.82) is 0 Å². The molecule has 0 saturated heterocycles. The molecular formula is C12H18O4. The molecule has 4 nitrogen and oxygen atoms in total. The van der Waals surface area contributed by atoms with E-state index in [0.717, 1.165) is 11.1 Å². The van der Waals surface area contributed by atoms with E-state index in [4.69, 9.17) is 4.74 Å². The molecule has 2 atom stereocenters. The molecule has 16 heavy (non-hydrogen) atoms. The number of methoxy groups -OCH3 is 1. The zero-order valence-electron chi connectivity index (χ0n) is 10.2. The summed E-state index contributed by atoms with van der Waals surface area (Å²) < 4.78 is 4.69. The Kier molecular flexibility index (Phi) is 3.41. The van der Waals surface area contributed by atoms with Gasteiger partial charge in [-0.25, -0.2) is 0 Å². The number of rotatable bonds is 2. The number of carbonyl (C=O) groups is 2. The maximum absolute atomic E-state index is 11.6. The van der Waals surface area contributed by atoms with E-state index >= 15 is 0 Å². The van der Waals surface area contributed by atoms with E-state index in [0.29, 0.717) is 12.8 Å². The molecule has 1 N–H and O–H groups in total. The van der Waals surface area contributed by atoms with Crippen molar-refractivity contribution >= 4 is 11.9 Å². The van der Waals surface area contributed by atoms with Crippen molar-refractivity contribution in [2.45, 2.75) is 33.6 Å². The second kappa shape index (κ2) is 4.28. The van der Waals surface area contributed by atoms with Gasteiger partial charge in [0, 0.05) is 0 Å². The van der Waals surface area contributed by atoms with Gasteiger partial charge in [0.05, 0.1) is 18.4 Å². The largest absolute Gasteiger partial charge is 0.481 e. The van der Waals surface area contributed by atoms with Crippen LogP contribution in [-0.2, 0) is 14.3 Å². The third-order valence-electron chi connectivity index (χ3n) is 3.61. The first kappa shape index (κ1) is 12.7. The lowest BCUT2D eigenvalue weighted by molar-refractivity contribution is -0.163. The quantitative estimate of drug-likeness (QED) is 0.577. The van der Waals surface area contributed by atoms with E-state index < -0.39 is 23.3 Å². The van der Waals surface area contributed by atoms with Gasteiger partial charge in [0.2, 0.25) is 0 Å². The summed E-state index contributed by atoms with van der Waals surface area (Å²) in [5.74, 6) is -1.95. The summed E-state index contributed by atoms with van der Waals surface area (Å²) in [6, 6.07) is 0. The predicted octanol–water partition coefficient (Wildman–Crippen LogP) is 2.00. The highest BCUT2D eigenvalue weighted by Gasteiger charge is 2.48. The molecule has 90 valence electrons. The van der Waals surface area contributed by atoms with Crippen LogP contribution in [0.4, 0.5) is 0 Å². The minimum Gasteiger partial charge on any atom is -0.481 e. The topological polar surface area (TPSA) is 63.6 Å². The van der Waals surface area contributed by atoms with Crippen LogP contribution < -0.4 is 0 Å². The number of carbonyl (C=O) groups excluding carboxylic acids is 1. The Balaban J connectivity index is 3.14. The van der Waals surface area contributed by atoms with Crippen molar-refractivity contribution in [3.63, 3.8) is 0 Å². The number of carboxylic acid groups (broad SMARTS) is 1. The molecule has 0 aromatic rings. The maximum atomic E-state index is 11.6. The molecule has 2 unspecified atom stereocenters. The van der Waals surface area contributed by atoms with Crippen molar-refractivity contribution in [2.75, 3.05) is 7.11 Å². The number of hydrogen-bond donors (Lipinski definition) is 1. The number of aliphatic carboxylic acids is 1. The Hall–Kier alpha value is -1.32. The molecule has 1 aliphatic rings. The first-order chi connectivity index (χ1) is 7.32. The lowest BCUT2D eigenvalue weighted by Gasteiger charge is -2.37. The molecule has 0 heterocycles. The van der Waals surface area contributed by atoms with Gasteiger partial charge in [-0.3, -0.25) is 9.59 Å². The fraction of sp³-hybridized carbons (Fsp3) is 0.667. The van der Waals surface area contributed by atoms with E-state index in [1.54, 1.807) is 6.92 Å². The van der Waals surface area contributed by atoms with Crippen LogP contribution in [-0.4, -0.2) is 24.2 Å². The third-order valence-corrected chi connectivity index (χ3v) is 3.61. The standard InChI is InChI=1S/C12H18O4/c1-7-5-9(10(13)16-4)12(3,11(14)15)6-8(7)2/h9H,5-6H2,1-4H3,(H,14,15). The van der Waals surface area contributed by atoms with Crippen LogP contribution in [0.25, 0.3) is 0 Å². The predicted molar refractivity (Wildman–Crippen MR) is 58.9 cm³/mol. The van der Waals surface area contributed by atoms with Crippen molar-refractivity contribution < 1.29 is 19.4 Å². The Morgan fingerprint density at radius 1 is 1.38 bits per heavy atom. The Labute approximate surface area is 95.3 Å². The van der Waals surface area contributed by atoms with Crippen LogP contribution in [0.3, 0.4) is 0 Å². The smallest absolute Gasteiger partial charge is 0.310 e. The van der Waals surface area contributed by atoms with E-state index in [1.165, 1.54) is 7.11 Å². The fourth-order valence-electron chi connectivity index (χ4n) is 2.24. The van der Waals surface area contributed by atoms with Gasteiger partial charge in [-0.05, 0) is 33.6 Å². The first-order valence-electron chi connectivity index (χ1n) is 5.29. The van der Waals surface area contributed by atoms with Crippen LogP contribution >= 0.6 is 0 Å². The van der Waals surface area contributed by atoms with Crippen molar-refractivity contribution in [1.82, 2.24) is 0 Å². The average molecular weight is 226 g/mol. The minimum absolute atomic E-state index is 0.411. The van der Waals surface area contributed by atoms with Gasteiger partial charge in [0.1, 0.15) is 0 Å². The highest BCUT2D eigenvalue weighted by molar-refractivity contribution is 5.85. The Morgan fingerprint density at radius 3 is 2.38 bits per heavy atom. The van der Waals surface area contributed by atoms with E-state index in [-0.39, 0.29) is 0 Å². The molecule has 0 spiro atoms. The normalized spacial score (nSPS) is 30.1. The lowest BCUT2D eigenvalue weighted by atomic mass is 9.66. The summed E-state index contributed by atoms with van der Waals surface area (Å²) in [6.45, 7) is 5.48. The van der Waals surface area contributed by atoms with Crippen LogP contribution in [0.15, 0.2) is 11.1 Å². The molecule has 0 aromatic carbocycles. The van der Waals surface area contributed by atoms with Gasteiger partial charge in [0.25, 0.3) is 0 Å². The van der Waals surface area contributed by atoms with Gasteiger partial charge in [-0.1, -0.05) is 11.1 Å². The van der Waals surface area contributed by atoms with Crippen molar-refractivity contribution in [3.05, 3.63) is 11.1 Å². The maximum Gasteiger partial charge on any atom is 0.310 e. The second-order valence-corrected chi connectivity index (χ2v) is 4.74. The third kappa shape index (κ3) is 1.96. The first-order valence-corrected chi connectivity index (χ1v) is 5.29. The van der Waals surface area contributed by atoms with Crippen molar-refractivity contribution in [3.8, 4) is 0 Å². The number of allylic oxidation sites excluding steroid dienone is 2. The highest BCUT2D eigenvalue weighted by Crippen LogP contribution is 2.44. The summed E-state index contributed by atoms with van der Waals surface area (Å²) >= 11 is 0. The van der Waals surface area contributed by atoms with E-state index in [1.807, 2.05) is 13.8 Å². The van der Waals surface area contributed by atoms with E-state index in [9.17, 15) is 14.7 Å². The van der Waals surface area contributed by atoms with Crippen LogP contribution in [0.1, 0.15) is 33.6 Å². The molecule has 1 aliphatic carbocycles. The Morgan fingerprint density at radius 2 is 1.94 bits per heavy atom. The molecule has 0 saturated carbocycles. The van der Waals surface area contributed by atoms with Crippen LogP contribution in [0.2, 0.25) is 0 Å². The molecule has 1 rings (SSSR count). The van der Waals surface area contributed by atoms with Gasteiger partial charge < -0.3 is 9.84 Å². The second-order valence-electron chi connectivity index (χ2n) is 4.74. The SMILES string of the molecule is COC(=O)C1CC(C)=C(C)CC1(C)C(=O)O. The van der Waals surface area contributed by atoms with Gasteiger partial charge in [0.15, 0.2) is 0 Å². The summed E-state index contributed by atoms with van der Waals surface area (Å²) in [5, 5.41) is 9.29. The summed E-state index contributed by atoms with van der Waals surface area (Å²) in [4.78, 5) is 23.0. The molecule has 0 radical (unpaired) electrons. The highest BCUT2D eigenvalue weighted by atomic mass is 16.5. The number of esters is 1. The van der Waals surface area contributed by atoms with Gasteiger partial charge in [-0.15, -0.1) is 0 Å². The molecule has 0 aliphatic heterocycles. The summed E-state index contributed by atoms with van der Waals surface area (Å²) in [7, 11) is 1.30. The molecule has 0 fully saturated rings. The van der Waals surface area contributed by atoms with Crippen LogP contribution in [0, 0.1) is 11.3 Å². The molecule has 0 bridgehead atoms. The Bertz CT molecular complexity index is 356. The molecule has 4 heteroatoms. The fourth-order valence-corrected chi connectivity index (χ4v) is 2.24. The van der Waals surface area contributed by atoms with Crippen molar-refractivity contribution in [2.24, 2.45) is 11.3 Å². The van der Waals surface area contributed by atoms with Gasteiger partial charge >= 0.3 is 11.9 Å². The summed E-state index contributed by atoms with van der Waals surface area (Å²) in [5.41, 5.74) is 1.11. The lowest BCUT2D eigenvalue weighted by Crippen LogP contribution is -2.43. The van der Waals surface area contributed by atoms with Gasteiger partial charge in [-0.2, -0.15) is 0 Å². The number of carboxylic acids is 1. The average Bonchev–Trinajstić information content (AvgIpc) is 2.22. The monoisotopic (exact) mass is 226 g/mol.